The Balaban J connectivity index is 2.17. The topological polar surface area (TPSA) is 65.1 Å². The average molecular weight is 421 g/mol. The second kappa shape index (κ2) is 8.46. The molecule has 1 aliphatic rings. The Bertz CT molecular complexity index is 760. The number of hydrogen-bond acceptors (Lipinski definition) is 5. The third kappa shape index (κ3) is 6.23. The molecule has 1 aromatic rings. The van der Waals surface area contributed by atoms with Gasteiger partial charge in [-0.15, -0.1) is 0 Å². The fourth-order valence-corrected chi connectivity index (χ4v) is 2.93. The summed E-state index contributed by atoms with van der Waals surface area (Å²) in [6, 6.07) is 0.859. The molecule has 0 radical (unpaired) electrons. The highest BCUT2D eigenvalue weighted by Crippen LogP contribution is 2.33. The van der Waals surface area contributed by atoms with Crippen molar-refractivity contribution in [1.82, 2.24) is 4.90 Å². The maximum atomic E-state index is 13.6. The molecule has 6 nitrogen and oxygen atoms in total. The first-order valence-electron chi connectivity index (χ1n) is 8.92. The molecule has 1 saturated heterocycles. The molecule has 0 aromatic heterocycles. The lowest BCUT2D eigenvalue weighted by molar-refractivity contribution is -0.149. The van der Waals surface area contributed by atoms with E-state index in [1.165, 1.54) is 4.90 Å². The Morgan fingerprint density at radius 1 is 1.14 bits per heavy atom. The summed E-state index contributed by atoms with van der Waals surface area (Å²) >= 11 is 0. The molecule has 162 valence electrons. The zero-order chi connectivity index (χ0) is 22.0. The standard InChI is InChI=1S/C19H23F4NO5/c1-18(2,3)29-17(26)24-6-5-13(10-15(24)16(25)27-4)28-14-8-11(19(21,22)23)7-12(20)9-14/h7-9,13,15H,5-6,10H2,1-4H3. The minimum atomic E-state index is -4.73. The summed E-state index contributed by atoms with van der Waals surface area (Å²) in [4.78, 5) is 25.7. The van der Waals surface area contributed by atoms with Gasteiger partial charge in [-0.25, -0.2) is 14.0 Å². The van der Waals surface area contributed by atoms with Gasteiger partial charge in [-0.3, -0.25) is 4.90 Å². The molecule has 0 saturated carbocycles. The first kappa shape index (κ1) is 22.8. The summed E-state index contributed by atoms with van der Waals surface area (Å²) in [5.41, 5.74) is -1.95. The van der Waals surface area contributed by atoms with E-state index in [4.69, 9.17) is 14.2 Å². The van der Waals surface area contributed by atoms with Crippen molar-refractivity contribution in [1.29, 1.82) is 0 Å². The Hall–Kier alpha value is -2.52. The molecule has 1 fully saturated rings. The quantitative estimate of drug-likeness (QED) is 0.542. The number of rotatable bonds is 3. The van der Waals surface area contributed by atoms with E-state index in [1.54, 1.807) is 20.8 Å². The fraction of sp³-hybridized carbons (Fsp3) is 0.579. The summed E-state index contributed by atoms with van der Waals surface area (Å²) in [5.74, 6) is -2.11. The van der Waals surface area contributed by atoms with Crippen LogP contribution in [-0.4, -0.2) is 48.4 Å². The molecule has 2 unspecified atom stereocenters. The van der Waals surface area contributed by atoms with Crippen LogP contribution >= 0.6 is 0 Å². The monoisotopic (exact) mass is 421 g/mol. The largest absolute Gasteiger partial charge is 0.490 e. The lowest BCUT2D eigenvalue weighted by Gasteiger charge is -2.38. The Labute approximate surface area is 165 Å². The van der Waals surface area contributed by atoms with E-state index in [9.17, 15) is 27.2 Å². The highest BCUT2D eigenvalue weighted by Gasteiger charge is 2.40. The molecule has 2 rings (SSSR count). The summed E-state index contributed by atoms with van der Waals surface area (Å²) in [6.45, 7) is 5.09. The number of likely N-dealkylation sites (tertiary alicyclic amines) is 1. The van der Waals surface area contributed by atoms with Gasteiger partial charge in [-0.2, -0.15) is 13.2 Å². The second-order valence-electron chi connectivity index (χ2n) is 7.65. The number of nitrogens with zero attached hydrogens (tertiary/aromatic N) is 1. The Kier molecular flexibility index (Phi) is 6.64. The van der Waals surface area contributed by atoms with E-state index in [2.05, 4.69) is 0 Å². The van der Waals surface area contributed by atoms with Crippen LogP contribution in [0.1, 0.15) is 39.2 Å². The van der Waals surface area contributed by atoms with Crippen molar-refractivity contribution < 1.29 is 41.4 Å². The summed E-state index contributed by atoms with van der Waals surface area (Å²) in [7, 11) is 1.16. The molecule has 10 heteroatoms. The van der Waals surface area contributed by atoms with E-state index in [0.29, 0.717) is 12.1 Å². The molecular formula is C19H23F4NO5. The van der Waals surface area contributed by atoms with E-state index in [0.717, 1.165) is 13.2 Å². The van der Waals surface area contributed by atoms with Crippen molar-refractivity contribution in [3.05, 3.63) is 29.6 Å². The van der Waals surface area contributed by atoms with Gasteiger partial charge in [0, 0.05) is 25.5 Å². The highest BCUT2D eigenvalue weighted by molar-refractivity contribution is 5.81. The zero-order valence-electron chi connectivity index (χ0n) is 16.5. The molecular weight excluding hydrogens is 398 g/mol. The number of piperidine rings is 1. The number of carbonyl (C=O) groups excluding carboxylic acids is 2. The number of methoxy groups -OCH3 is 1. The number of benzene rings is 1. The number of halogens is 4. The van der Waals surface area contributed by atoms with Gasteiger partial charge in [-0.1, -0.05) is 0 Å². The molecule has 1 heterocycles. The lowest BCUT2D eigenvalue weighted by Crippen LogP contribution is -2.53. The normalized spacial score (nSPS) is 20.2. The van der Waals surface area contributed by atoms with Crippen molar-refractivity contribution in [2.75, 3.05) is 13.7 Å². The second-order valence-corrected chi connectivity index (χ2v) is 7.65. The fourth-order valence-electron chi connectivity index (χ4n) is 2.93. The highest BCUT2D eigenvalue weighted by atomic mass is 19.4. The van der Waals surface area contributed by atoms with Gasteiger partial charge in [0.2, 0.25) is 0 Å². The minimum Gasteiger partial charge on any atom is -0.490 e. The number of ether oxygens (including phenoxy) is 3. The first-order chi connectivity index (χ1) is 13.3. The SMILES string of the molecule is COC(=O)C1CC(Oc2cc(F)cc(C(F)(F)F)c2)CCN1C(=O)OC(C)(C)C. The third-order valence-electron chi connectivity index (χ3n) is 4.16. The van der Waals surface area contributed by atoms with Crippen LogP contribution in [0.5, 0.6) is 5.75 Å². The van der Waals surface area contributed by atoms with E-state index >= 15 is 0 Å². The molecule has 0 bridgehead atoms. The van der Waals surface area contributed by atoms with Gasteiger partial charge in [0.15, 0.2) is 0 Å². The van der Waals surface area contributed by atoms with Gasteiger partial charge < -0.3 is 14.2 Å². The van der Waals surface area contributed by atoms with Crippen LogP contribution in [0.15, 0.2) is 18.2 Å². The van der Waals surface area contributed by atoms with Crippen LogP contribution < -0.4 is 4.74 Å². The molecule has 0 N–H and O–H groups in total. The number of hydrogen-bond donors (Lipinski definition) is 0. The Morgan fingerprint density at radius 3 is 2.34 bits per heavy atom. The first-order valence-corrected chi connectivity index (χ1v) is 8.92. The van der Waals surface area contributed by atoms with E-state index in [-0.39, 0.29) is 25.1 Å². The van der Waals surface area contributed by atoms with Gasteiger partial charge in [0.25, 0.3) is 0 Å². The number of carbonyl (C=O) groups is 2. The van der Waals surface area contributed by atoms with Crippen LogP contribution in [-0.2, 0) is 20.4 Å². The maximum absolute atomic E-state index is 13.6. The van der Waals surface area contributed by atoms with Gasteiger partial charge in [0.1, 0.15) is 29.3 Å². The van der Waals surface area contributed by atoms with Gasteiger partial charge in [-0.05, 0) is 32.9 Å². The molecule has 0 aliphatic carbocycles. The van der Waals surface area contributed by atoms with E-state index in [1.807, 2.05) is 0 Å². The van der Waals surface area contributed by atoms with Crippen LogP contribution in [0.2, 0.25) is 0 Å². The number of alkyl halides is 3. The van der Waals surface area contributed by atoms with Crippen molar-refractivity contribution in [3.63, 3.8) is 0 Å². The smallest absolute Gasteiger partial charge is 0.416 e. The lowest BCUT2D eigenvalue weighted by atomic mass is 9.99. The summed E-state index contributed by atoms with van der Waals surface area (Å²) in [5, 5.41) is 0. The summed E-state index contributed by atoms with van der Waals surface area (Å²) < 4.78 is 67.7. The molecule has 29 heavy (non-hydrogen) atoms. The summed E-state index contributed by atoms with van der Waals surface area (Å²) in [6.07, 6.45) is -5.99. The van der Waals surface area contributed by atoms with Crippen molar-refractivity contribution >= 4 is 12.1 Å². The van der Waals surface area contributed by atoms with Crippen LogP contribution in [0, 0.1) is 5.82 Å². The van der Waals surface area contributed by atoms with Crippen LogP contribution in [0.3, 0.4) is 0 Å². The van der Waals surface area contributed by atoms with E-state index < -0.39 is 47.4 Å². The predicted molar refractivity (Wildman–Crippen MR) is 93.8 cm³/mol. The van der Waals surface area contributed by atoms with Gasteiger partial charge in [0.05, 0.1) is 12.7 Å². The zero-order valence-corrected chi connectivity index (χ0v) is 16.5. The average Bonchev–Trinajstić information content (AvgIpc) is 2.58. The number of esters is 1. The van der Waals surface area contributed by atoms with Crippen molar-refractivity contribution in [3.8, 4) is 5.75 Å². The molecule has 1 amide bonds. The molecule has 1 aromatic carbocycles. The third-order valence-corrected chi connectivity index (χ3v) is 4.16. The van der Waals surface area contributed by atoms with Gasteiger partial charge >= 0.3 is 18.2 Å². The minimum absolute atomic E-state index is 0.0379. The van der Waals surface area contributed by atoms with Crippen molar-refractivity contribution in [2.45, 2.75) is 57.5 Å². The van der Waals surface area contributed by atoms with Crippen molar-refractivity contribution in [2.24, 2.45) is 0 Å². The van der Waals surface area contributed by atoms with Crippen LogP contribution in [0.4, 0.5) is 22.4 Å². The maximum Gasteiger partial charge on any atom is 0.416 e. The number of amides is 1. The molecule has 2 atom stereocenters. The van der Waals surface area contributed by atoms with Crippen LogP contribution in [0.25, 0.3) is 0 Å². The Morgan fingerprint density at radius 2 is 1.79 bits per heavy atom. The molecule has 0 spiro atoms. The molecule has 1 aliphatic heterocycles. The predicted octanol–water partition coefficient (Wildman–Crippen LogP) is 4.16.